The van der Waals surface area contributed by atoms with E-state index in [-0.39, 0.29) is 32.0 Å². The smallest absolute Gasteiger partial charge is 0.336 e. The van der Waals surface area contributed by atoms with Gasteiger partial charge in [0.25, 0.3) is 0 Å². The number of amides is 4. The lowest BCUT2D eigenvalue weighted by molar-refractivity contribution is -0.163. The van der Waals surface area contributed by atoms with Gasteiger partial charge in [-0.05, 0) is 18.8 Å². The van der Waals surface area contributed by atoms with E-state index in [9.17, 15) is 24.0 Å². The molecule has 12 nitrogen and oxygen atoms in total. The molecule has 0 bridgehead atoms. The molecule has 0 saturated heterocycles. The van der Waals surface area contributed by atoms with Gasteiger partial charge in [0.15, 0.2) is 0 Å². The highest BCUT2D eigenvalue weighted by Crippen LogP contribution is 2.06. The van der Waals surface area contributed by atoms with E-state index >= 15 is 0 Å². The van der Waals surface area contributed by atoms with Crippen LogP contribution in [0.4, 0.5) is 4.79 Å². The van der Waals surface area contributed by atoms with Crippen molar-refractivity contribution in [2.45, 2.75) is 38.8 Å². The van der Waals surface area contributed by atoms with Crippen molar-refractivity contribution < 1.29 is 28.7 Å². The number of hydrogen-bond donors (Lipinski definition) is 6. The summed E-state index contributed by atoms with van der Waals surface area (Å²) in [5.74, 6) is -3.45. The van der Waals surface area contributed by atoms with E-state index in [2.05, 4.69) is 16.0 Å². The molecule has 4 amide bonds. The minimum absolute atomic E-state index is 0.163. The van der Waals surface area contributed by atoms with Gasteiger partial charge in [-0.1, -0.05) is 13.8 Å². The van der Waals surface area contributed by atoms with Crippen LogP contribution in [0.2, 0.25) is 0 Å². The minimum Gasteiger partial charge on any atom is -0.390 e. The van der Waals surface area contributed by atoms with Gasteiger partial charge in [-0.25, -0.2) is 14.4 Å². The lowest BCUT2D eigenvalue weighted by atomic mass is 10.0. The summed E-state index contributed by atoms with van der Waals surface area (Å²) in [4.78, 5) is 57.4. The van der Waals surface area contributed by atoms with Gasteiger partial charge >= 0.3 is 18.0 Å². The van der Waals surface area contributed by atoms with E-state index in [0.29, 0.717) is 6.42 Å². The molecule has 0 aromatic heterocycles. The Morgan fingerprint density at radius 1 is 1.00 bits per heavy atom. The molecule has 0 aliphatic rings. The molecule has 0 aliphatic heterocycles. The van der Waals surface area contributed by atoms with Gasteiger partial charge in [-0.2, -0.15) is 0 Å². The van der Waals surface area contributed by atoms with Gasteiger partial charge in [-0.15, -0.1) is 0 Å². The second kappa shape index (κ2) is 12.6. The van der Waals surface area contributed by atoms with Gasteiger partial charge in [0.2, 0.25) is 11.8 Å². The molecule has 154 valence electrons. The maximum absolute atomic E-state index is 12.2. The average molecular weight is 388 g/mol. The molecular formula is C15H28N6O6. The minimum atomic E-state index is -1.10. The maximum atomic E-state index is 12.2. The highest BCUT2D eigenvalue weighted by Gasteiger charge is 2.29. The lowest BCUT2D eigenvalue weighted by Crippen LogP contribution is -2.50. The first-order valence-corrected chi connectivity index (χ1v) is 8.39. The second-order valence-electron chi connectivity index (χ2n) is 6.05. The molecule has 0 aliphatic carbocycles. The van der Waals surface area contributed by atoms with Crippen LogP contribution in [0.1, 0.15) is 26.7 Å². The molecule has 0 aromatic rings. The molecule has 0 unspecified atom stereocenters. The molecule has 2 atom stereocenters. The third-order valence-electron chi connectivity index (χ3n) is 3.36. The van der Waals surface area contributed by atoms with Crippen LogP contribution in [-0.4, -0.2) is 61.5 Å². The number of esters is 2. The zero-order valence-electron chi connectivity index (χ0n) is 15.4. The van der Waals surface area contributed by atoms with Crippen LogP contribution >= 0.6 is 0 Å². The maximum Gasteiger partial charge on any atom is 0.336 e. The molecule has 0 rings (SSSR count). The lowest BCUT2D eigenvalue weighted by Gasteiger charge is -2.21. The van der Waals surface area contributed by atoms with E-state index in [1.165, 1.54) is 0 Å². The van der Waals surface area contributed by atoms with Gasteiger partial charge in [0.05, 0.1) is 13.1 Å². The van der Waals surface area contributed by atoms with E-state index in [0.717, 1.165) is 0 Å². The Hall–Kier alpha value is -2.73. The predicted molar refractivity (Wildman–Crippen MR) is 94.7 cm³/mol. The van der Waals surface area contributed by atoms with Crippen molar-refractivity contribution in [3.63, 3.8) is 0 Å². The van der Waals surface area contributed by atoms with Crippen LogP contribution in [0.5, 0.6) is 0 Å². The first kappa shape index (κ1) is 24.3. The zero-order chi connectivity index (χ0) is 21.0. The Labute approximate surface area is 156 Å². The average Bonchev–Trinajstić information content (AvgIpc) is 2.60. The molecule has 0 radical (unpaired) electrons. The van der Waals surface area contributed by atoms with Crippen molar-refractivity contribution in [3.05, 3.63) is 0 Å². The summed E-state index contributed by atoms with van der Waals surface area (Å²) in [6.07, 6.45) is 0.523. The van der Waals surface area contributed by atoms with Crippen LogP contribution in [0, 0.1) is 5.92 Å². The van der Waals surface area contributed by atoms with Crippen LogP contribution < -0.4 is 33.2 Å². The standard InChI is InChI=1S/C15H28N6O6/c1-8(2)12(21-11(23)7-20-10(22)6-16)14(25)27-13(24)9(17)4-3-5-19-15(18)26/h8-9,12H,3-7,16-17H2,1-2H3,(H,20,22)(H,21,23)(H3,18,19,26)/t9-,12-/m0/s1. The number of primary amides is 1. The number of hydrogen-bond acceptors (Lipinski definition) is 8. The van der Waals surface area contributed by atoms with Crippen molar-refractivity contribution in [1.29, 1.82) is 0 Å². The van der Waals surface area contributed by atoms with Crippen molar-refractivity contribution in [2.24, 2.45) is 23.1 Å². The van der Waals surface area contributed by atoms with E-state index in [1.54, 1.807) is 13.8 Å². The number of urea groups is 1. The second-order valence-corrected chi connectivity index (χ2v) is 6.05. The zero-order valence-corrected chi connectivity index (χ0v) is 15.4. The molecule has 27 heavy (non-hydrogen) atoms. The topological polar surface area (TPSA) is 209 Å². The Morgan fingerprint density at radius 3 is 2.15 bits per heavy atom. The number of rotatable bonds is 11. The highest BCUT2D eigenvalue weighted by molar-refractivity contribution is 5.94. The molecule has 0 spiro atoms. The van der Waals surface area contributed by atoms with Crippen LogP contribution in [0.25, 0.3) is 0 Å². The first-order valence-electron chi connectivity index (χ1n) is 8.39. The van der Waals surface area contributed by atoms with Gasteiger partial charge in [-0.3, -0.25) is 9.59 Å². The largest absolute Gasteiger partial charge is 0.390 e. The number of carbonyl (C=O) groups is 5. The summed E-state index contributed by atoms with van der Waals surface area (Å²) < 4.78 is 4.72. The Bertz CT molecular complexity index is 553. The first-order chi connectivity index (χ1) is 12.6. The number of ether oxygens (including phenoxy) is 1. The molecule has 0 saturated carbocycles. The molecule has 9 N–H and O–H groups in total. The van der Waals surface area contributed by atoms with Crippen LogP contribution in [-0.2, 0) is 23.9 Å². The summed E-state index contributed by atoms with van der Waals surface area (Å²) in [5.41, 5.74) is 15.6. The Kier molecular flexibility index (Phi) is 11.3. The van der Waals surface area contributed by atoms with E-state index in [4.69, 9.17) is 21.9 Å². The third-order valence-corrected chi connectivity index (χ3v) is 3.36. The quantitative estimate of drug-likeness (QED) is 0.122. The highest BCUT2D eigenvalue weighted by atomic mass is 16.6. The van der Waals surface area contributed by atoms with Crippen molar-refractivity contribution in [2.75, 3.05) is 19.6 Å². The summed E-state index contributed by atoms with van der Waals surface area (Å²) in [6.45, 7) is 2.87. The molecule has 12 heteroatoms. The summed E-state index contributed by atoms with van der Waals surface area (Å²) in [6, 6.07) is -2.87. The van der Waals surface area contributed by atoms with Gasteiger partial charge in [0, 0.05) is 6.54 Å². The van der Waals surface area contributed by atoms with Gasteiger partial charge in [0.1, 0.15) is 12.1 Å². The molecular weight excluding hydrogens is 360 g/mol. The number of nitrogens with one attached hydrogen (secondary N) is 3. The fraction of sp³-hybridized carbons (Fsp3) is 0.667. The Morgan fingerprint density at radius 2 is 1.63 bits per heavy atom. The molecule has 0 heterocycles. The summed E-state index contributed by atoms with van der Waals surface area (Å²) in [5, 5.41) is 6.98. The van der Waals surface area contributed by atoms with E-state index in [1.807, 2.05) is 0 Å². The van der Waals surface area contributed by atoms with Gasteiger partial charge < -0.3 is 37.9 Å². The normalized spacial score (nSPS) is 12.6. The monoisotopic (exact) mass is 388 g/mol. The van der Waals surface area contributed by atoms with Crippen molar-refractivity contribution in [3.8, 4) is 0 Å². The fourth-order valence-electron chi connectivity index (χ4n) is 1.86. The number of nitrogens with two attached hydrogens (primary N) is 3. The van der Waals surface area contributed by atoms with Crippen LogP contribution in [0.3, 0.4) is 0 Å². The SMILES string of the molecule is CC(C)[C@H](NC(=O)CNC(=O)CN)C(=O)OC(=O)[C@@H](N)CCCNC(N)=O. The predicted octanol–water partition coefficient (Wildman–Crippen LogP) is -2.95. The molecule has 0 fully saturated rings. The Balaban J connectivity index is 4.52. The fourth-order valence-corrected chi connectivity index (χ4v) is 1.86. The molecule has 0 aromatic carbocycles. The third kappa shape index (κ3) is 10.8. The van der Waals surface area contributed by atoms with Crippen molar-refractivity contribution >= 4 is 29.8 Å². The van der Waals surface area contributed by atoms with Crippen LogP contribution in [0.15, 0.2) is 0 Å². The summed E-state index contributed by atoms with van der Waals surface area (Å²) >= 11 is 0. The van der Waals surface area contributed by atoms with E-state index < -0.39 is 41.9 Å². The summed E-state index contributed by atoms with van der Waals surface area (Å²) in [7, 11) is 0. The van der Waals surface area contributed by atoms with Crippen molar-refractivity contribution in [1.82, 2.24) is 16.0 Å². The number of carbonyl (C=O) groups excluding carboxylic acids is 5.